The van der Waals surface area contributed by atoms with Gasteiger partial charge >= 0.3 is 5.97 Å². The summed E-state index contributed by atoms with van der Waals surface area (Å²) in [4.78, 5) is 20.8. The maximum Gasteiger partial charge on any atom is 0.309 e. The van der Waals surface area contributed by atoms with Crippen LogP contribution in [-0.4, -0.2) is 17.0 Å². The van der Waals surface area contributed by atoms with Crippen LogP contribution in [0.1, 0.15) is 18.4 Å². The number of halogens is 2. The first-order valence-electron chi connectivity index (χ1n) is 5.46. The molecule has 19 heavy (non-hydrogen) atoms. The van der Waals surface area contributed by atoms with Crippen LogP contribution in [0.15, 0.2) is 28.7 Å². The Labute approximate surface area is 122 Å². The van der Waals surface area contributed by atoms with Crippen LogP contribution in [0, 0.1) is 10.1 Å². The maximum atomic E-state index is 10.7. The minimum absolute atomic E-state index is 0.0114. The SMILES string of the molecule is O=C1C[C@H](C/C(Br)=C(/Cl)c2ccc([N+](=O)[O-])cc2)O1. The van der Waals surface area contributed by atoms with Gasteiger partial charge in [-0.3, -0.25) is 14.9 Å². The van der Waals surface area contributed by atoms with E-state index < -0.39 is 4.92 Å². The van der Waals surface area contributed by atoms with Crippen LogP contribution in [0.3, 0.4) is 0 Å². The number of ether oxygens (including phenoxy) is 1. The summed E-state index contributed by atoms with van der Waals surface area (Å²) in [6.45, 7) is 0. The molecular formula is C12H9BrClNO4. The first kappa shape index (κ1) is 14.0. The molecular weight excluding hydrogens is 337 g/mol. The molecule has 100 valence electrons. The van der Waals surface area contributed by atoms with Crippen molar-refractivity contribution in [2.75, 3.05) is 0 Å². The van der Waals surface area contributed by atoms with E-state index in [0.717, 1.165) is 0 Å². The molecule has 0 unspecified atom stereocenters. The number of cyclic esters (lactones) is 1. The fraction of sp³-hybridized carbons (Fsp3) is 0.250. The van der Waals surface area contributed by atoms with Crippen molar-refractivity contribution in [1.82, 2.24) is 0 Å². The number of benzene rings is 1. The van der Waals surface area contributed by atoms with E-state index >= 15 is 0 Å². The first-order valence-corrected chi connectivity index (χ1v) is 6.63. The van der Waals surface area contributed by atoms with Crippen molar-refractivity contribution < 1.29 is 14.5 Å². The van der Waals surface area contributed by atoms with Gasteiger partial charge in [0.2, 0.25) is 0 Å². The summed E-state index contributed by atoms with van der Waals surface area (Å²) < 4.78 is 5.60. The summed E-state index contributed by atoms with van der Waals surface area (Å²) in [6.07, 6.45) is 0.745. The third-order valence-corrected chi connectivity index (χ3v) is 4.06. The second kappa shape index (κ2) is 5.71. The summed E-state index contributed by atoms with van der Waals surface area (Å²) in [5, 5.41) is 11.0. The molecule has 0 bridgehead atoms. The number of nitro benzene ring substituents is 1. The molecule has 1 aliphatic heterocycles. The van der Waals surface area contributed by atoms with Crippen LogP contribution in [0.5, 0.6) is 0 Å². The molecule has 1 atom stereocenters. The topological polar surface area (TPSA) is 69.4 Å². The van der Waals surface area contributed by atoms with Gasteiger partial charge in [-0.1, -0.05) is 27.5 Å². The molecule has 0 spiro atoms. The van der Waals surface area contributed by atoms with Crippen LogP contribution in [0.2, 0.25) is 0 Å². The average molecular weight is 347 g/mol. The minimum atomic E-state index is -0.468. The van der Waals surface area contributed by atoms with E-state index in [1.54, 1.807) is 12.1 Å². The number of nitrogens with zero attached hydrogens (tertiary/aromatic N) is 1. The number of nitro groups is 1. The van der Waals surface area contributed by atoms with E-state index in [2.05, 4.69) is 15.9 Å². The molecule has 1 fully saturated rings. The van der Waals surface area contributed by atoms with Crippen LogP contribution >= 0.6 is 27.5 Å². The Hall–Kier alpha value is -1.40. The highest BCUT2D eigenvalue weighted by Crippen LogP contribution is 2.33. The van der Waals surface area contributed by atoms with Crippen LogP contribution < -0.4 is 0 Å². The number of hydrogen-bond donors (Lipinski definition) is 0. The van der Waals surface area contributed by atoms with Crippen molar-refractivity contribution in [3.05, 3.63) is 44.4 Å². The Morgan fingerprint density at radius 2 is 2.05 bits per heavy atom. The predicted octanol–water partition coefficient (Wildman–Crippen LogP) is 3.60. The van der Waals surface area contributed by atoms with Gasteiger partial charge in [0.05, 0.1) is 16.4 Å². The third-order valence-electron chi connectivity index (χ3n) is 2.67. The van der Waals surface area contributed by atoms with Crippen LogP contribution in [0.25, 0.3) is 5.03 Å². The molecule has 0 N–H and O–H groups in total. The smallest absolute Gasteiger partial charge is 0.309 e. The Balaban J connectivity index is 2.10. The maximum absolute atomic E-state index is 10.7. The van der Waals surface area contributed by atoms with E-state index in [1.165, 1.54) is 12.1 Å². The summed E-state index contributed by atoms with van der Waals surface area (Å²) in [5.74, 6) is -0.211. The molecule has 1 aromatic rings. The molecule has 7 heteroatoms. The molecule has 2 rings (SSSR count). The van der Waals surface area contributed by atoms with Gasteiger partial charge in [-0.2, -0.15) is 0 Å². The van der Waals surface area contributed by atoms with Gasteiger partial charge in [-0.25, -0.2) is 0 Å². The quantitative estimate of drug-likeness (QED) is 0.474. The number of non-ortho nitro benzene ring substituents is 1. The number of esters is 1. The Morgan fingerprint density at radius 1 is 1.47 bits per heavy atom. The lowest BCUT2D eigenvalue weighted by atomic mass is 10.1. The monoisotopic (exact) mass is 345 g/mol. The van der Waals surface area contributed by atoms with E-state index in [-0.39, 0.29) is 17.8 Å². The zero-order chi connectivity index (χ0) is 14.0. The molecule has 0 amide bonds. The number of rotatable bonds is 4. The summed E-state index contributed by atoms with van der Waals surface area (Å²) in [7, 11) is 0. The first-order chi connectivity index (χ1) is 8.97. The van der Waals surface area contributed by atoms with Crippen molar-refractivity contribution in [3.63, 3.8) is 0 Å². The fourth-order valence-corrected chi connectivity index (χ4v) is 2.44. The van der Waals surface area contributed by atoms with Crippen molar-refractivity contribution in [2.45, 2.75) is 18.9 Å². The molecule has 1 aromatic carbocycles. The Kier molecular flexibility index (Phi) is 4.21. The van der Waals surface area contributed by atoms with E-state index in [4.69, 9.17) is 16.3 Å². The highest BCUT2D eigenvalue weighted by Gasteiger charge is 2.29. The van der Waals surface area contributed by atoms with Gasteiger partial charge in [-0.15, -0.1) is 0 Å². The van der Waals surface area contributed by atoms with Gasteiger partial charge in [0.1, 0.15) is 6.10 Å². The van der Waals surface area contributed by atoms with Crippen LogP contribution in [-0.2, 0) is 9.53 Å². The van der Waals surface area contributed by atoms with Crippen molar-refractivity contribution in [2.24, 2.45) is 0 Å². The Bertz CT molecular complexity index is 547. The van der Waals surface area contributed by atoms with Gasteiger partial charge in [0.15, 0.2) is 0 Å². The standard InChI is InChI=1S/C12H9BrClNO4/c13-10(5-9-6-11(16)19-9)12(14)7-1-3-8(4-2-7)15(17)18/h1-4,9H,5-6H2/b12-10-/t9-/m0/s1. The van der Waals surface area contributed by atoms with Crippen molar-refractivity contribution >= 4 is 44.2 Å². The van der Waals surface area contributed by atoms with E-state index in [0.29, 0.717) is 27.9 Å². The molecule has 1 saturated heterocycles. The van der Waals surface area contributed by atoms with Gasteiger partial charge in [0.25, 0.3) is 5.69 Å². The number of carbonyl (C=O) groups is 1. The van der Waals surface area contributed by atoms with Crippen LogP contribution in [0.4, 0.5) is 5.69 Å². The van der Waals surface area contributed by atoms with E-state index in [9.17, 15) is 14.9 Å². The number of hydrogen-bond acceptors (Lipinski definition) is 4. The highest BCUT2D eigenvalue weighted by molar-refractivity contribution is 9.11. The molecule has 0 saturated carbocycles. The second-order valence-corrected chi connectivity index (χ2v) is 5.38. The Morgan fingerprint density at radius 3 is 2.53 bits per heavy atom. The predicted molar refractivity (Wildman–Crippen MR) is 73.9 cm³/mol. The lowest BCUT2D eigenvalue weighted by molar-refractivity contribution is -0.384. The number of carbonyl (C=O) groups excluding carboxylic acids is 1. The summed E-state index contributed by atoms with van der Waals surface area (Å²) in [6, 6.07) is 5.94. The summed E-state index contributed by atoms with van der Waals surface area (Å²) >= 11 is 9.52. The van der Waals surface area contributed by atoms with Crippen molar-refractivity contribution in [3.8, 4) is 0 Å². The molecule has 0 aromatic heterocycles. The third kappa shape index (κ3) is 3.33. The minimum Gasteiger partial charge on any atom is -0.461 e. The normalized spacial score (nSPS) is 19.3. The van der Waals surface area contributed by atoms with Gasteiger partial charge in [-0.05, 0) is 17.7 Å². The summed E-state index contributed by atoms with van der Waals surface area (Å²) in [5.41, 5.74) is 0.682. The molecule has 5 nitrogen and oxygen atoms in total. The van der Waals surface area contributed by atoms with Gasteiger partial charge < -0.3 is 4.74 Å². The second-order valence-electron chi connectivity index (χ2n) is 4.04. The van der Waals surface area contributed by atoms with Crippen molar-refractivity contribution in [1.29, 1.82) is 0 Å². The zero-order valence-electron chi connectivity index (χ0n) is 9.64. The molecule has 0 aliphatic carbocycles. The van der Waals surface area contributed by atoms with Gasteiger partial charge in [0, 0.05) is 23.0 Å². The lowest BCUT2D eigenvalue weighted by Gasteiger charge is -2.25. The fourth-order valence-electron chi connectivity index (χ4n) is 1.65. The molecule has 1 heterocycles. The van der Waals surface area contributed by atoms with E-state index in [1.807, 2.05) is 0 Å². The zero-order valence-corrected chi connectivity index (χ0v) is 12.0. The largest absolute Gasteiger partial charge is 0.461 e. The highest BCUT2D eigenvalue weighted by atomic mass is 79.9. The average Bonchev–Trinajstić information content (AvgIpc) is 2.36. The molecule has 1 aliphatic rings. The lowest BCUT2D eigenvalue weighted by Crippen LogP contribution is -2.32. The molecule has 0 radical (unpaired) electrons.